The number of thioether (sulfide) groups is 1. The van der Waals surface area contributed by atoms with Crippen molar-refractivity contribution in [3.63, 3.8) is 0 Å². The Bertz CT molecular complexity index is 193. The first-order chi connectivity index (χ1) is 6.86. The fourth-order valence-corrected chi connectivity index (χ4v) is 2.18. The molecule has 1 atom stereocenters. The Morgan fingerprint density at radius 1 is 1.40 bits per heavy atom. The molecule has 15 heavy (non-hydrogen) atoms. The van der Waals surface area contributed by atoms with Crippen molar-refractivity contribution >= 4 is 17.7 Å². The number of unbranched alkanes of at least 4 members (excludes halogenated alkanes) is 1. The zero-order chi connectivity index (χ0) is 11.9. The Hall–Kier alpha value is -0.220. The molecule has 0 aliphatic rings. The Balaban J connectivity index is 3.43. The molecule has 0 aliphatic carbocycles. The Labute approximate surface area is 97.4 Å². The van der Waals surface area contributed by atoms with Crippen LogP contribution in [0.5, 0.6) is 0 Å². The number of carbonyl (C=O) groups is 1. The summed E-state index contributed by atoms with van der Waals surface area (Å²) in [4.78, 5) is 10.9. The van der Waals surface area contributed by atoms with Crippen LogP contribution in [0.2, 0.25) is 0 Å². The second kappa shape index (κ2) is 7.12. The molecular weight excluding hydrogens is 208 g/mol. The first kappa shape index (κ1) is 14.8. The summed E-state index contributed by atoms with van der Waals surface area (Å²) in [5.41, 5.74) is 10.1. The van der Waals surface area contributed by atoms with Crippen LogP contribution in [0.3, 0.4) is 0 Å². The largest absolute Gasteiger partial charge is 0.368 e. The van der Waals surface area contributed by atoms with Crippen molar-refractivity contribution in [1.82, 2.24) is 0 Å². The molecule has 0 saturated heterocycles. The van der Waals surface area contributed by atoms with Gasteiger partial charge >= 0.3 is 0 Å². The molecule has 1 unspecified atom stereocenters. The molecule has 3 nitrogen and oxygen atoms in total. The van der Waals surface area contributed by atoms with Gasteiger partial charge in [-0.3, -0.25) is 4.79 Å². The van der Waals surface area contributed by atoms with Crippen molar-refractivity contribution in [2.24, 2.45) is 17.4 Å². The number of rotatable bonds is 8. The van der Waals surface area contributed by atoms with Gasteiger partial charge in [0.25, 0.3) is 0 Å². The van der Waals surface area contributed by atoms with E-state index in [0.29, 0.717) is 6.42 Å². The van der Waals surface area contributed by atoms with E-state index in [1.54, 1.807) is 6.92 Å². The zero-order valence-corrected chi connectivity index (χ0v) is 10.9. The van der Waals surface area contributed by atoms with Crippen LogP contribution in [0.4, 0.5) is 0 Å². The Morgan fingerprint density at radius 3 is 2.47 bits per heavy atom. The number of carbonyl (C=O) groups excluding carboxylic acids is 1. The maximum atomic E-state index is 10.9. The van der Waals surface area contributed by atoms with Crippen LogP contribution in [0.1, 0.15) is 40.0 Å². The van der Waals surface area contributed by atoms with Crippen LogP contribution in [-0.4, -0.2) is 23.0 Å². The van der Waals surface area contributed by atoms with Crippen LogP contribution < -0.4 is 11.5 Å². The van der Waals surface area contributed by atoms with Gasteiger partial charge in [0, 0.05) is 0 Å². The molecule has 0 bridgehead atoms. The highest BCUT2D eigenvalue weighted by Gasteiger charge is 2.24. The molecule has 0 saturated carbocycles. The molecule has 1 amide bonds. The molecule has 0 aromatic heterocycles. The molecule has 4 heteroatoms. The third-order valence-corrected chi connectivity index (χ3v) is 3.73. The van der Waals surface area contributed by atoms with Gasteiger partial charge < -0.3 is 11.5 Å². The standard InChI is InChI=1S/C11H24N2OS/c1-9(2)8-15-7-5-4-6-11(3,13)10(12)14/h9H,4-8,13H2,1-3H3,(H2,12,14). The van der Waals surface area contributed by atoms with Crippen LogP contribution in [-0.2, 0) is 4.79 Å². The van der Waals surface area contributed by atoms with Gasteiger partial charge in [0.15, 0.2) is 0 Å². The van der Waals surface area contributed by atoms with Crippen molar-refractivity contribution in [2.75, 3.05) is 11.5 Å². The highest BCUT2D eigenvalue weighted by molar-refractivity contribution is 7.99. The van der Waals surface area contributed by atoms with Crippen LogP contribution >= 0.6 is 11.8 Å². The van der Waals surface area contributed by atoms with E-state index in [1.807, 2.05) is 11.8 Å². The number of primary amides is 1. The van der Waals surface area contributed by atoms with Crippen LogP contribution in [0, 0.1) is 5.92 Å². The third-order valence-electron chi connectivity index (χ3n) is 2.25. The lowest BCUT2D eigenvalue weighted by molar-refractivity contribution is -0.122. The highest BCUT2D eigenvalue weighted by Crippen LogP contribution is 2.14. The van der Waals surface area contributed by atoms with Gasteiger partial charge in [0.1, 0.15) is 0 Å². The first-order valence-corrected chi connectivity index (χ1v) is 6.68. The fourth-order valence-electron chi connectivity index (χ4n) is 1.14. The highest BCUT2D eigenvalue weighted by atomic mass is 32.2. The molecule has 0 aliphatic heterocycles. The minimum atomic E-state index is -0.831. The molecule has 0 rings (SSSR count). The maximum absolute atomic E-state index is 10.9. The summed E-state index contributed by atoms with van der Waals surface area (Å²) >= 11 is 1.96. The van der Waals surface area contributed by atoms with E-state index in [0.717, 1.165) is 24.5 Å². The molecule has 0 aromatic carbocycles. The van der Waals surface area contributed by atoms with Crippen LogP contribution in [0.15, 0.2) is 0 Å². The van der Waals surface area contributed by atoms with Gasteiger partial charge in [0.05, 0.1) is 5.54 Å². The van der Waals surface area contributed by atoms with Crippen molar-refractivity contribution in [3.05, 3.63) is 0 Å². The van der Waals surface area contributed by atoms with E-state index >= 15 is 0 Å². The monoisotopic (exact) mass is 232 g/mol. The summed E-state index contributed by atoms with van der Waals surface area (Å²) < 4.78 is 0. The lowest BCUT2D eigenvalue weighted by Gasteiger charge is -2.19. The lowest BCUT2D eigenvalue weighted by Crippen LogP contribution is -2.49. The topological polar surface area (TPSA) is 69.1 Å². The van der Waals surface area contributed by atoms with Crippen molar-refractivity contribution in [2.45, 2.75) is 45.6 Å². The molecule has 0 heterocycles. The Kier molecular flexibility index (Phi) is 7.02. The summed E-state index contributed by atoms with van der Waals surface area (Å²) in [7, 11) is 0. The second-order valence-corrected chi connectivity index (χ2v) is 5.86. The zero-order valence-electron chi connectivity index (χ0n) is 10.1. The number of nitrogens with two attached hydrogens (primary N) is 2. The molecule has 0 fully saturated rings. The summed E-state index contributed by atoms with van der Waals surface area (Å²) in [5, 5.41) is 0. The second-order valence-electron chi connectivity index (χ2n) is 4.71. The molecule has 0 spiro atoms. The van der Waals surface area contributed by atoms with Gasteiger partial charge in [-0.25, -0.2) is 0 Å². The Morgan fingerprint density at radius 2 is 2.00 bits per heavy atom. The molecule has 0 aromatic rings. The number of hydrogen-bond donors (Lipinski definition) is 2. The predicted octanol–water partition coefficient (Wildman–Crippen LogP) is 1.75. The van der Waals surface area contributed by atoms with Gasteiger partial charge in [-0.15, -0.1) is 0 Å². The van der Waals surface area contributed by atoms with Crippen molar-refractivity contribution < 1.29 is 4.79 Å². The quantitative estimate of drug-likeness (QED) is 0.626. The first-order valence-electron chi connectivity index (χ1n) is 5.53. The number of amides is 1. The van der Waals surface area contributed by atoms with Gasteiger partial charge in [-0.05, 0) is 37.2 Å². The van der Waals surface area contributed by atoms with E-state index in [1.165, 1.54) is 5.75 Å². The van der Waals surface area contributed by atoms with Gasteiger partial charge in [-0.2, -0.15) is 11.8 Å². The normalized spacial score (nSPS) is 15.3. The number of hydrogen-bond acceptors (Lipinski definition) is 3. The lowest BCUT2D eigenvalue weighted by atomic mass is 9.96. The molecule has 90 valence electrons. The molecular formula is C11H24N2OS. The van der Waals surface area contributed by atoms with Gasteiger partial charge in [-0.1, -0.05) is 20.3 Å². The summed E-state index contributed by atoms with van der Waals surface area (Å²) in [6.45, 7) is 6.14. The van der Waals surface area contributed by atoms with Crippen molar-refractivity contribution in [3.8, 4) is 0 Å². The predicted molar refractivity (Wildman–Crippen MR) is 67.8 cm³/mol. The third kappa shape index (κ3) is 7.68. The molecule has 4 N–H and O–H groups in total. The van der Waals surface area contributed by atoms with E-state index in [2.05, 4.69) is 13.8 Å². The van der Waals surface area contributed by atoms with Crippen LogP contribution in [0.25, 0.3) is 0 Å². The van der Waals surface area contributed by atoms with E-state index < -0.39 is 11.4 Å². The van der Waals surface area contributed by atoms with E-state index in [-0.39, 0.29) is 0 Å². The summed E-state index contributed by atoms with van der Waals surface area (Å²) in [5.74, 6) is 2.70. The van der Waals surface area contributed by atoms with Gasteiger partial charge in [0.2, 0.25) is 5.91 Å². The minimum Gasteiger partial charge on any atom is -0.368 e. The van der Waals surface area contributed by atoms with E-state index in [9.17, 15) is 4.79 Å². The average Bonchev–Trinajstić information content (AvgIpc) is 2.10. The summed E-state index contributed by atoms with van der Waals surface area (Å²) in [6.07, 6.45) is 2.77. The molecule has 0 radical (unpaired) electrons. The van der Waals surface area contributed by atoms with Crippen molar-refractivity contribution in [1.29, 1.82) is 0 Å². The smallest absolute Gasteiger partial charge is 0.237 e. The fraction of sp³-hybridized carbons (Fsp3) is 0.909. The summed E-state index contributed by atoms with van der Waals surface area (Å²) in [6, 6.07) is 0. The maximum Gasteiger partial charge on any atom is 0.237 e. The SMILES string of the molecule is CC(C)CSCCCCC(C)(N)C(N)=O. The minimum absolute atomic E-state index is 0.405. The average molecular weight is 232 g/mol. The van der Waals surface area contributed by atoms with E-state index in [4.69, 9.17) is 11.5 Å².